The van der Waals surface area contributed by atoms with Crippen LogP contribution >= 0.6 is 0 Å². The van der Waals surface area contributed by atoms with Crippen LogP contribution in [0.1, 0.15) is 0 Å². The van der Waals surface area contributed by atoms with Crippen LogP contribution in [-0.4, -0.2) is 13.6 Å². The molecule has 0 amide bonds. The van der Waals surface area contributed by atoms with Gasteiger partial charge in [0.2, 0.25) is 5.82 Å². The SMILES string of the molecule is Fc1cc([B-](F)(F)F)cc(OC(F)F)c1F.[K+]. The normalized spacial score (nSPS) is 11.3. The second-order valence-corrected chi connectivity index (χ2v) is 2.77. The van der Waals surface area contributed by atoms with Crippen molar-refractivity contribution in [2.24, 2.45) is 0 Å². The second-order valence-electron chi connectivity index (χ2n) is 2.77. The first-order valence-electron chi connectivity index (χ1n) is 3.85. The third-order valence-electron chi connectivity index (χ3n) is 1.61. The number of rotatable bonds is 3. The van der Waals surface area contributed by atoms with Crippen LogP contribution in [0, 0.1) is 11.6 Å². The largest absolute Gasteiger partial charge is 1.00 e. The molecule has 17 heavy (non-hydrogen) atoms. The van der Waals surface area contributed by atoms with Gasteiger partial charge in [0.25, 0.3) is 0 Å². The second kappa shape index (κ2) is 6.41. The van der Waals surface area contributed by atoms with Gasteiger partial charge < -0.3 is 17.7 Å². The molecule has 0 aliphatic rings. The number of alkyl halides is 2. The van der Waals surface area contributed by atoms with Crippen LogP contribution < -0.4 is 61.6 Å². The number of benzene rings is 1. The Kier molecular flexibility index (Phi) is 6.50. The monoisotopic (exact) mass is 286 g/mol. The molecular weight excluding hydrogens is 283 g/mol. The molecule has 0 aliphatic carbocycles. The Morgan fingerprint density at radius 3 is 2.00 bits per heavy atom. The average Bonchev–Trinajstić information content (AvgIpc) is 2.10. The molecule has 1 aromatic carbocycles. The third kappa shape index (κ3) is 4.78. The van der Waals surface area contributed by atoms with Crippen molar-refractivity contribution in [1.82, 2.24) is 0 Å². The summed E-state index contributed by atoms with van der Waals surface area (Å²) in [5.74, 6) is -5.25. The molecular formula is C7H3BF7KO. The van der Waals surface area contributed by atoms with Gasteiger partial charge in [0.05, 0.1) is 0 Å². The Bertz CT molecular complexity index is 395. The predicted octanol–water partition coefficient (Wildman–Crippen LogP) is -0.375. The van der Waals surface area contributed by atoms with E-state index in [2.05, 4.69) is 4.74 Å². The molecule has 0 aromatic heterocycles. The van der Waals surface area contributed by atoms with Gasteiger partial charge in [-0.1, -0.05) is 0 Å². The van der Waals surface area contributed by atoms with Crippen LogP contribution in [0.15, 0.2) is 12.1 Å². The fourth-order valence-corrected chi connectivity index (χ4v) is 0.955. The van der Waals surface area contributed by atoms with E-state index in [0.29, 0.717) is 0 Å². The maximum Gasteiger partial charge on any atom is 1.00 e. The van der Waals surface area contributed by atoms with E-state index in [1.165, 1.54) is 0 Å². The van der Waals surface area contributed by atoms with Crippen LogP contribution in [0.4, 0.5) is 30.5 Å². The molecule has 1 nitrogen and oxygen atoms in total. The molecule has 10 heteroatoms. The van der Waals surface area contributed by atoms with Gasteiger partial charge in [-0.2, -0.15) is 13.2 Å². The third-order valence-corrected chi connectivity index (χ3v) is 1.61. The van der Waals surface area contributed by atoms with E-state index >= 15 is 0 Å². The first kappa shape index (κ1) is 17.2. The number of hydrogen-bond donors (Lipinski definition) is 0. The smallest absolute Gasteiger partial charge is 0.445 e. The van der Waals surface area contributed by atoms with Gasteiger partial charge >= 0.3 is 65.0 Å². The number of ether oxygens (including phenoxy) is 1. The van der Waals surface area contributed by atoms with Crippen molar-refractivity contribution in [2.45, 2.75) is 6.61 Å². The van der Waals surface area contributed by atoms with Crippen molar-refractivity contribution in [2.75, 3.05) is 0 Å². The maximum absolute atomic E-state index is 12.7. The minimum absolute atomic E-state index is 0. The molecule has 0 N–H and O–H groups in total. The van der Waals surface area contributed by atoms with E-state index < -0.39 is 36.4 Å². The zero-order valence-electron chi connectivity index (χ0n) is 8.36. The summed E-state index contributed by atoms with van der Waals surface area (Å²) in [5.41, 5.74) is -1.55. The van der Waals surface area contributed by atoms with Gasteiger partial charge in [-0.05, 0) is 12.1 Å². The molecule has 0 heterocycles. The molecule has 90 valence electrons. The van der Waals surface area contributed by atoms with E-state index in [0.717, 1.165) is 0 Å². The summed E-state index contributed by atoms with van der Waals surface area (Å²) in [6, 6.07) is -0.127. The summed E-state index contributed by atoms with van der Waals surface area (Å²) in [6.45, 7) is -9.16. The molecule has 1 rings (SSSR count). The van der Waals surface area contributed by atoms with Crippen LogP contribution in [0.5, 0.6) is 5.75 Å². The molecule has 0 bridgehead atoms. The van der Waals surface area contributed by atoms with Gasteiger partial charge in [-0.25, -0.2) is 4.39 Å². The minimum atomic E-state index is -5.62. The fourth-order valence-electron chi connectivity index (χ4n) is 0.955. The Balaban J connectivity index is 0.00000256. The van der Waals surface area contributed by atoms with Gasteiger partial charge in [-0.3, -0.25) is 0 Å². The van der Waals surface area contributed by atoms with Crippen molar-refractivity contribution in [3.8, 4) is 5.75 Å². The molecule has 0 aliphatic heterocycles. The molecule has 0 spiro atoms. The van der Waals surface area contributed by atoms with Crippen molar-refractivity contribution in [3.05, 3.63) is 23.8 Å². The van der Waals surface area contributed by atoms with Gasteiger partial charge in [0, 0.05) is 0 Å². The van der Waals surface area contributed by atoms with E-state index in [4.69, 9.17) is 0 Å². The Hall–Kier alpha value is 0.231. The topological polar surface area (TPSA) is 9.23 Å². The Morgan fingerprint density at radius 1 is 1.06 bits per heavy atom. The quantitative estimate of drug-likeness (QED) is 0.544. The van der Waals surface area contributed by atoms with E-state index in [9.17, 15) is 30.5 Å². The van der Waals surface area contributed by atoms with Crippen LogP contribution in [-0.2, 0) is 0 Å². The van der Waals surface area contributed by atoms with Crippen molar-refractivity contribution < 1.29 is 86.6 Å². The van der Waals surface area contributed by atoms with E-state index in [1.807, 2.05) is 0 Å². The van der Waals surface area contributed by atoms with Crippen molar-refractivity contribution in [3.63, 3.8) is 0 Å². The first-order chi connectivity index (χ1) is 7.21. The number of halogens is 7. The van der Waals surface area contributed by atoms with E-state index in [-0.39, 0.29) is 63.5 Å². The molecule has 0 saturated carbocycles. The van der Waals surface area contributed by atoms with Gasteiger partial charge in [0.1, 0.15) is 0 Å². The van der Waals surface area contributed by atoms with Crippen LogP contribution in [0.25, 0.3) is 0 Å². The van der Waals surface area contributed by atoms with Gasteiger partial charge in [-0.15, -0.1) is 5.46 Å². The van der Waals surface area contributed by atoms with Crippen molar-refractivity contribution in [1.29, 1.82) is 0 Å². The summed E-state index contributed by atoms with van der Waals surface area (Å²) in [7, 11) is 0. The first-order valence-corrected chi connectivity index (χ1v) is 3.85. The Morgan fingerprint density at radius 2 is 1.59 bits per heavy atom. The standard InChI is InChI=1S/C7H3BF7O.K/c9-4-1-3(8(13,14)15)2-5(6(4)10)16-7(11)12;/h1-2,7H;/q-1;+1. The Labute approximate surface area is 134 Å². The predicted molar refractivity (Wildman–Crippen MR) is 41.7 cm³/mol. The molecule has 1 aromatic rings. The van der Waals surface area contributed by atoms with Gasteiger partial charge in [0.15, 0.2) is 11.6 Å². The zero-order valence-corrected chi connectivity index (χ0v) is 11.5. The maximum atomic E-state index is 12.7. The fraction of sp³-hybridized carbons (Fsp3) is 0.143. The molecule has 0 radical (unpaired) electrons. The van der Waals surface area contributed by atoms with E-state index in [1.54, 1.807) is 0 Å². The summed E-state index contributed by atoms with van der Waals surface area (Å²) < 4.78 is 88.6. The summed E-state index contributed by atoms with van der Waals surface area (Å²) in [5, 5.41) is 0. The summed E-state index contributed by atoms with van der Waals surface area (Å²) >= 11 is 0. The van der Waals surface area contributed by atoms with Crippen LogP contribution in [0.2, 0.25) is 0 Å². The number of hydrogen-bond acceptors (Lipinski definition) is 1. The summed E-state index contributed by atoms with van der Waals surface area (Å²) in [6.07, 6.45) is 0. The molecule has 0 atom stereocenters. The minimum Gasteiger partial charge on any atom is -0.445 e. The molecule has 0 fully saturated rings. The van der Waals surface area contributed by atoms with Crippen molar-refractivity contribution >= 4 is 12.4 Å². The molecule has 0 saturated heterocycles. The molecule has 0 unspecified atom stereocenters. The zero-order chi connectivity index (χ0) is 12.5. The summed E-state index contributed by atoms with van der Waals surface area (Å²) in [4.78, 5) is 0. The average molecular weight is 286 g/mol. The van der Waals surface area contributed by atoms with Crippen LogP contribution in [0.3, 0.4) is 0 Å².